The number of hydrogen-bond acceptors (Lipinski definition) is 3. The van der Waals surface area contributed by atoms with Crippen LogP contribution in [-0.2, 0) is 14.3 Å². The minimum absolute atomic E-state index is 0.00583. The number of ketones is 1. The van der Waals surface area contributed by atoms with Gasteiger partial charge in [0, 0.05) is 12.3 Å². The van der Waals surface area contributed by atoms with E-state index < -0.39 is 0 Å². The van der Waals surface area contributed by atoms with Crippen LogP contribution in [0.15, 0.2) is 0 Å². The Balaban J connectivity index is 2.18. The molecule has 18 heavy (non-hydrogen) atoms. The van der Waals surface area contributed by atoms with E-state index in [0.717, 1.165) is 25.7 Å². The number of ether oxygens (including phenoxy) is 1. The van der Waals surface area contributed by atoms with Gasteiger partial charge in [-0.15, -0.1) is 0 Å². The number of fused-ring (bicyclic) bond motifs is 1. The van der Waals surface area contributed by atoms with Crippen molar-refractivity contribution in [3.63, 3.8) is 0 Å². The predicted octanol–water partition coefficient (Wildman–Crippen LogP) is 2.97. The van der Waals surface area contributed by atoms with E-state index in [1.54, 1.807) is 0 Å². The van der Waals surface area contributed by atoms with Gasteiger partial charge in [0.2, 0.25) is 0 Å². The normalized spacial score (nSPS) is 37.3. The molecular weight excluding hydrogens is 228 g/mol. The van der Waals surface area contributed by atoms with Crippen LogP contribution in [0.3, 0.4) is 0 Å². The van der Waals surface area contributed by atoms with Gasteiger partial charge in [0.15, 0.2) is 0 Å². The van der Waals surface area contributed by atoms with Crippen LogP contribution in [0, 0.1) is 23.7 Å². The molecule has 2 aliphatic rings. The Morgan fingerprint density at radius 3 is 2.61 bits per heavy atom. The van der Waals surface area contributed by atoms with Gasteiger partial charge in [0.05, 0.1) is 13.0 Å². The first-order valence-corrected chi connectivity index (χ1v) is 7.25. The van der Waals surface area contributed by atoms with Crippen LogP contribution in [0.1, 0.15) is 51.9 Å². The molecule has 0 unspecified atom stereocenters. The predicted molar refractivity (Wildman–Crippen MR) is 69.0 cm³/mol. The lowest BCUT2D eigenvalue weighted by Gasteiger charge is -2.39. The first-order valence-electron chi connectivity index (χ1n) is 7.25. The number of carbonyl (C=O) groups is 2. The van der Waals surface area contributed by atoms with Crippen LogP contribution in [0.5, 0.6) is 0 Å². The van der Waals surface area contributed by atoms with Crippen molar-refractivity contribution in [1.82, 2.24) is 0 Å². The molecule has 102 valence electrons. The summed E-state index contributed by atoms with van der Waals surface area (Å²) in [5, 5.41) is 0. The number of Topliss-reactive ketones (excluding diaryl/α,β-unsaturated/α-hetero) is 1. The van der Waals surface area contributed by atoms with Gasteiger partial charge >= 0.3 is 5.97 Å². The molecule has 2 rings (SSSR count). The van der Waals surface area contributed by atoms with Gasteiger partial charge in [0.25, 0.3) is 0 Å². The van der Waals surface area contributed by atoms with Gasteiger partial charge in [-0.3, -0.25) is 9.59 Å². The fraction of sp³-hybridized carbons (Fsp3) is 0.867. The van der Waals surface area contributed by atoms with Crippen molar-refractivity contribution in [3.05, 3.63) is 0 Å². The third-order valence-corrected chi connectivity index (χ3v) is 4.99. The molecule has 0 amide bonds. The van der Waals surface area contributed by atoms with Crippen LogP contribution in [0.25, 0.3) is 0 Å². The first kappa shape index (κ1) is 13.6. The summed E-state index contributed by atoms with van der Waals surface area (Å²) >= 11 is 0. The molecule has 2 saturated carbocycles. The molecular formula is C15H24O3. The van der Waals surface area contributed by atoms with Gasteiger partial charge in [0.1, 0.15) is 5.78 Å². The summed E-state index contributed by atoms with van der Waals surface area (Å²) in [5.74, 6) is 1.24. The number of carbonyl (C=O) groups excluding carboxylic acids is 2. The molecule has 0 aromatic carbocycles. The van der Waals surface area contributed by atoms with Crippen LogP contribution < -0.4 is 0 Å². The maximum atomic E-state index is 12.2. The Bertz CT molecular complexity index is 324. The second-order valence-electron chi connectivity index (χ2n) is 5.90. The minimum Gasteiger partial charge on any atom is -0.469 e. The van der Waals surface area contributed by atoms with E-state index in [0.29, 0.717) is 18.1 Å². The molecule has 0 heterocycles. The number of hydrogen-bond donors (Lipinski definition) is 0. The van der Waals surface area contributed by atoms with Gasteiger partial charge in [-0.2, -0.15) is 0 Å². The van der Waals surface area contributed by atoms with Crippen molar-refractivity contribution in [2.45, 2.75) is 51.9 Å². The molecule has 0 radical (unpaired) electrons. The lowest BCUT2D eigenvalue weighted by atomic mass is 9.65. The van der Waals surface area contributed by atoms with Gasteiger partial charge in [-0.25, -0.2) is 0 Å². The fourth-order valence-electron chi connectivity index (χ4n) is 3.92. The van der Waals surface area contributed by atoms with E-state index in [1.165, 1.54) is 20.0 Å². The highest BCUT2D eigenvalue weighted by Gasteiger charge is 2.40. The molecule has 3 heteroatoms. The standard InChI is InChI=1S/C15H24O3/c1-10-11-6-3-4-7-13(11)14(16)9-5-8-12(10)15(17)18-2/h10-13H,3-9H2,1-2H3/t10-,11-,12-,13+/m0/s1. The molecule has 3 nitrogen and oxygen atoms in total. The SMILES string of the molecule is COC(=O)[C@H]1CCCC(=O)[C@@H]2CCCC[C@H]2[C@@H]1C. The summed E-state index contributed by atoms with van der Waals surface area (Å²) in [6.07, 6.45) is 6.80. The smallest absolute Gasteiger partial charge is 0.308 e. The Morgan fingerprint density at radius 1 is 1.17 bits per heavy atom. The quantitative estimate of drug-likeness (QED) is 0.674. The van der Waals surface area contributed by atoms with E-state index in [2.05, 4.69) is 6.92 Å². The molecule has 0 bridgehead atoms. The topological polar surface area (TPSA) is 43.4 Å². The fourth-order valence-corrected chi connectivity index (χ4v) is 3.92. The molecule has 4 atom stereocenters. The zero-order chi connectivity index (χ0) is 13.1. The van der Waals surface area contributed by atoms with Crippen LogP contribution >= 0.6 is 0 Å². The Morgan fingerprint density at radius 2 is 1.89 bits per heavy atom. The van der Waals surface area contributed by atoms with Crippen LogP contribution in [0.2, 0.25) is 0 Å². The van der Waals surface area contributed by atoms with E-state index in [9.17, 15) is 9.59 Å². The molecule has 0 aromatic rings. The minimum atomic E-state index is -0.0822. The molecule has 2 fully saturated rings. The number of methoxy groups -OCH3 is 1. The Kier molecular flexibility index (Phi) is 4.41. The van der Waals surface area contributed by atoms with Crippen LogP contribution in [-0.4, -0.2) is 18.9 Å². The summed E-state index contributed by atoms with van der Waals surface area (Å²) in [4.78, 5) is 24.1. The lowest BCUT2D eigenvalue weighted by molar-refractivity contribution is -0.150. The van der Waals surface area contributed by atoms with E-state index in [-0.39, 0.29) is 23.7 Å². The van der Waals surface area contributed by atoms with E-state index >= 15 is 0 Å². The van der Waals surface area contributed by atoms with Crippen molar-refractivity contribution in [3.8, 4) is 0 Å². The highest BCUT2D eigenvalue weighted by molar-refractivity contribution is 5.82. The summed E-state index contributed by atoms with van der Waals surface area (Å²) in [7, 11) is 1.47. The van der Waals surface area contributed by atoms with Gasteiger partial charge in [-0.1, -0.05) is 19.8 Å². The summed E-state index contributed by atoms with van der Waals surface area (Å²) < 4.78 is 4.94. The second kappa shape index (κ2) is 5.85. The number of esters is 1. The van der Waals surface area contributed by atoms with E-state index in [4.69, 9.17) is 4.74 Å². The third kappa shape index (κ3) is 2.60. The zero-order valence-corrected chi connectivity index (χ0v) is 11.5. The molecule has 0 spiro atoms. The van der Waals surface area contributed by atoms with E-state index in [1.807, 2.05) is 0 Å². The molecule has 0 saturated heterocycles. The molecule has 2 aliphatic carbocycles. The summed E-state index contributed by atoms with van der Waals surface area (Å²) in [5.41, 5.74) is 0. The largest absolute Gasteiger partial charge is 0.469 e. The lowest BCUT2D eigenvalue weighted by Crippen LogP contribution is -2.39. The Labute approximate surface area is 109 Å². The zero-order valence-electron chi connectivity index (χ0n) is 11.5. The Hall–Kier alpha value is -0.860. The monoisotopic (exact) mass is 252 g/mol. The molecule has 0 aliphatic heterocycles. The average molecular weight is 252 g/mol. The summed E-state index contributed by atoms with van der Waals surface area (Å²) in [6.45, 7) is 2.14. The van der Waals surface area contributed by atoms with Crippen molar-refractivity contribution in [2.75, 3.05) is 7.11 Å². The van der Waals surface area contributed by atoms with Crippen molar-refractivity contribution >= 4 is 11.8 Å². The average Bonchev–Trinajstić information content (AvgIpc) is 2.40. The first-order chi connectivity index (χ1) is 8.65. The van der Waals surface area contributed by atoms with Crippen molar-refractivity contribution in [1.29, 1.82) is 0 Å². The molecule has 0 aromatic heterocycles. The van der Waals surface area contributed by atoms with Crippen molar-refractivity contribution < 1.29 is 14.3 Å². The molecule has 0 N–H and O–H groups in total. The second-order valence-corrected chi connectivity index (χ2v) is 5.90. The highest BCUT2D eigenvalue weighted by Crippen LogP contribution is 2.42. The maximum absolute atomic E-state index is 12.2. The van der Waals surface area contributed by atoms with Crippen molar-refractivity contribution in [2.24, 2.45) is 23.7 Å². The third-order valence-electron chi connectivity index (χ3n) is 4.99. The van der Waals surface area contributed by atoms with Gasteiger partial charge < -0.3 is 4.74 Å². The number of rotatable bonds is 1. The van der Waals surface area contributed by atoms with Crippen LogP contribution in [0.4, 0.5) is 0 Å². The maximum Gasteiger partial charge on any atom is 0.308 e. The highest BCUT2D eigenvalue weighted by atomic mass is 16.5. The van der Waals surface area contributed by atoms with Gasteiger partial charge in [-0.05, 0) is 37.5 Å². The summed E-state index contributed by atoms with van der Waals surface area (Å²) in [6, 6.07) is 0.